The average Bonchev–Trinajstić information content (AvgIpc) is 2.75. The van der Waals surface area contributed by atoms with Crippen molar-refractivity contribution in [2.45, 2.75) is 20.1 Å². The Morgan fingerprint density at radius 3 is 2.84 bits per heavy atom. The first-order valence-electron chi connectivity index (χ1n) is 5.48. The van der Waals surface area contributed by atoms with Gasteiger partial charge >= 0.3 is 0 Å². The lowest BCUT2D eigenvalue weighted by Crippen LogP contribution is -2.31. The molecule has 2 aromatic heterocycles. The SMILES string of the molecule is Cc1nc(CN(C)Cn2ncc(Cl)c(Cl)c2=O)cs1. The summed E-state index contributed by atoms with van der Waals surface area (Å²) in [5.41, 5.74) is 0.577. The minimum Gasteiger partial charge on any atom is -0.281 e. The molecule has 8 heteroatoms. The van der Waals surface area contributed by atoms with Crippen LogP contribution >= 0.6 is 34.5 Å². The molecule has 0 N–H and O–H groups in total. The molecule has 0 radical (unpaired) electrons. The van der Waals surface area contributed by atoms with Gasteiger partial charge < -0.3 is 0 Å². The third-order valence-corrected chi connectivity index (χ3v) is 3.99. The summed E-state index contributed by atoms with van der Waals surface area (Å²) < 4.78 is 1.27. The lowest BCUT2D eigenvalue weighted by Gasteiger charge is -2.16. The van der Waals surface area contributed by atoms with Gasteiger partial charge in [0, 0.05) is 11.9 Å². The molecule has 0 fully saturated rings. The third-order valence-electron chi connectivity index (χ3n) is 2.42. The van der Waals surface area contributed by atoms with E-state index >= 15 is 0 Å². The molecule has 2 heterocycles. The van der Waals surface area contributed by atoms with E-state index in [9.17, 15) is 4.79 Å². The Kier molecular flexibility index (Phi) is 4.57. The fraction of sp³-hybridized carbons (Fsp3) is 0.364. The van der Waals surface area contributed by atoms with Crippen LogP contribution in [0, 0.1) is 6.92 Å². The summed E-state index contributed by atoms with van der Waals surface area (Å²) in [7, 11) is 1.88. The molecule has 0 aromatic carbocycles. The number of aromatic nitrogens is 3. The number of rotatable bonds is 4. The largest absolute Gasteiger partial charge is 0.288 e. The van der Waals surface area contributed by atoms with Crippen LogP contribution in [-0.2, 0) is 13.2 Å². The average molecular weight is 319 g/mol. The number of thiazole rings is 1. The lowest BCUT2D eigenvalue weighted by atomic mass is 10.4. The van der Waals surface area contributed by atoms with Gasteiger partial charge in [-0.2, -0.15) is 5.10 Å². The summed E-state index contributed by atoms with van der Waals surface area (Å²) in [6, 6.07) is 0. The number of halogens is 2. The van der Waals surface area contributed by atoms with Gasteiger partial charge in [-0.25, -0.2) is 9.67 Å². The van der Waals surface area contributed by atoms with Crippen LogP contribution < -0.4 is 5.56 Å². The van der Waals surface area contributed by atoms with Crippen molar-refractivity contribution in [3.05, 3.63) is 42.7 Å². The Morgan fingerprint density at radius 1 is 1.47 bits per heavy atom. The van der Waals surface area contributed by atoms with Crippen LogP contribution in [0.2, 0.25) is 10.0 Å². The van der Waals surface area contributed by atoms with Gasteiger partial charge in [0.15, 0.2) is 0 Å². The van der Waals surface area contributed by atoms with Crippen LogP contribution in [0.15, 0.2) is 16.4 Å². The maximum atomic E-state index is 11.8. The molecular weight excluding hydrogens is 307 g/mol. The molecule has 2 aromatic rings. The van der Waals surface area contributed by atoms with Crippen molar-refractivity contribution < 1.29 is 0 Å². The zero-order chi connectivity index (χ0) is 14.0. The highest BCUT2D eigenvalue weighted by molar-refractivity contribution is 7.09. The van der Waals surface area contributed by atoms with Crippen molar-refractivity contribution in [1.82, 2.24) is 19.7 Å². The molecule has 0 saturated heterocycles. The Morgan fingerprint density at radius 2 is 2.21 bits per heavy atom. The second-order valence-corrected chi connectivity index (χ2v) is 5.97. The predicted octanol–water partition coefficient (Wildman–Crippen LogP) is 2.40. The molecule has 102 valence electrons. The molecular formula is C11H12Cl2N4OS. The summed E-state index contributed by atoms with van der Waals surface area (Å²) in [6.07, 6.45) is 1.37. The zero-order valence-corrected chi connectivity index (χ0v) is 12.8. The maximum Gasteiger partial charge on any atom is 0.288 e. The lowest BCUT2D eigenvalue weighted by molar-refractivity contribution is 0.238. The van der Waals surface area contributed by atoms with Gasteiger partial charge in [0.25, 0.3) is 5.56 Å². The topological polar surface area (TPSA) is 51.0 Å². The van der Waals surface area contributed by atoms with Crippen LogP contribution in [0.5, 0.6) is 0 Å². The minimum atomic E-state index is -0.393. The predicted molar refractivity (Wildman–Crippen MR) is 76.8 cm³/mol. The van der Waals surface area contributed by atoms with Crippen molar-refractivity contribution in [1.29, 1.82) is 0 Å². The van der Waals surface area contributed by atoms with Gasteiger partial charge in [0.05, 0.1) is 28.6 Å². The molecule has 0 spiro atoms. The van der Waals surface area contributed by atoms with Crippen molar-refractivity contribution in [2.75, 3.05) is 7.05 Å². The first-order chi connectivity index (χ1) is 8.97. The van der Waals surface area contributed by atoms with E-state index in [0.717, 1.165) is 10.7 Å². The van der Waals surface area contributed by atoms with E-state index in [4.69, 9.17) is 23.2 Å². The van der Waals surface area contributed by atoms with Crippen molar-refractivity contribution >= 4 is 34.5 Å². The molecule has 0 amide bonds. The first-order valence-corrected chi connectivity index (χ1v) is 7.11. The van der Waals surface area contributed by atoms with Gasteiger partial charge in [-0.15, -0.1) is 11.3 Å². The van der Waals surface area contributed by atoms with E-state index in [-0.39, 0.29) is 10.0 Å². The van der Waals surface area contributed by atoms with Crippen LogP contribution in [0.1, 0.15) is 10.7 Å². The molecule has 0 aliphatic carbocycles. The van der Waals surface area contributed by atoms with E-state index in [2.05, 4.69) is 10.1 Å². The Balaban J connectivity index is 2.09. The third kappa shape index (κ3) is 3.54. The fourth-order valence-corrected chi connectivity index (χ4v) is 2.46. The quantitative estimate of drug-likeness (QED) is 0.868. The highest BCUT2D eigenvalue weighted by atomic mass is 35.5. The summed E-state index contributed by atoms with van der Waals surface area (Å²) >= 11 is 13.1. The summed E-state index contributed by atoms with van der Waals surface area (Å²) in [4.78, 5) is 18.1. The zero-order valence-electron chi connectivity index (χ0n) is 10.4. The molecule has 0 atom stereocenters. The second kappa shape index (κ2) is 6.00. The van der Waals surface area contributed by atoms with Crippen molar-refractivity contribution in [3.63, 3.8) is 0 Å². The Hall–Kier alpha value is -0.950. The highest BCUT2D eigenvalue weighted by Crippen LogP contribution is 2.15. The standard InChI is InChI=1S/C11H12Cl2N4OS/c1-7-15-8(5-19-7)4-16(2)6-17-11(18)10(13)9(12)3-14-17/h3,5H,4,6H2,1-2H3. The Labute approximate surface area is 124 Å². The molecule has 0 unspecified atom stereocenters. The van der Waals surface area contributed by atoms with E-state index in [1.165, 1.54) is 10.9 Å². The van der Waals surface area contributed by atoms with Crippen molar-refractivity contribution in [3.8, 4) is 0 Å². The number of hydrogen-bond donors (Lipinski definition) is 0. The summed E-state index contributed by atoms with van der Waals surface area (Å²) in [5.74, 6) is 0. The monoisotopic (exact) mass is 318 g/mol. The van der Waals surface area contributed by atoms with Crippen LogP contribution in [0.4, 0.5) is 0 Å². The number of aryl methyl sites for hydroxylation is 1. The Bertz CT molecular complexity index is 640. The smallest absolute Gasteiger partial charge is 0.281 e. The van der Waals surface area contributed by atoms with Crippen molar-refractivity contribution in [2.24, 2.45) is 0 Å². The minimum absolute atomic E-state index is 0.00503. The van der Waals surface area contributed by atoms with Gasteiger partial charge in [-0.1, -0.05) is 23.2 Å². The molecule has 0 bridgehead atoms. The fourth-order valence-electron chi connectivity index (χ4n) is 1.58. The van der Waals surface area contributed by atoms with Gasteiger partial charge in [0.1, 0.15) is 5.02 Å². The molecule has 0 aliphatic heterocycles. The molecule has 0 aliphatic rings. The molecule has 5 nitrogen and oxygen atoms in total. The van der Waals surface area contributed by atoms with E-state index < -0.39 is 5.56 Å². The van der Waals surface area contributed by atoms with Crippen LogP contribution in [0.3, 0.4) is 0 Å². The van der Waals surface area contributed by atoms with Crippen LogP contribution in [0.25, 0.3) is 0 Å². The highest BCUT2D eigenvalue weighted by Gasteiger charge is 2.10. The van der Waals surface area contributed by atoms with Gasteiger partial charge in [0.2, 0.25) is 0 Å². The molecule has 19 heavy (non-hydrogen) atoms. The van der Waals surface area contributed by atoms with E-state index in [0.29, 0.717) is 13.2 Å². The number of hydrogen-bond acceptors (Lipinski definition) is 5. The normalized spacial score (nSPS) is 11.2. The molecule has 0 saturated carbocycles. The van der Waals surface area contributed by atoms with E-state index in [1.807, 2.05) is 24.3 Å². The summed E-state index contributed by atoms with van der Waals surface area (Å²) in [6.45, 7) is 2.92. The van der Waals surface area contributed by atoms with Gasteiger partial charge in [-0.3, -0.25) is 9.69 Å². The molecule has 2 rings (SSSR count). The first kappa shape index (κ1) is 14.5. The second-order valence-electron chi connectivity index (χ2n) is 4.12. The van der Waals surface area contributed by atoms with Crippen LogP contribution in [-0.4, -0.2) is 26.7 Å². The van der Waals surface area contributed by atoms with Gasteiger partial charge in [-0.05, 0) is 14.0 Å². The summed E-state index contributed by atoms with van der Waals surface area (Å²) in [5, 5.41) is 7.13. The van der Waals surface area contributed by atoms with E-state index in [1.54, 1.807) is 11.3 Å². The maximum absolute atomic E-state index is 11.8. The number of nitrogens with zero attached hydrogens (tertiary/aromatic N) is 4.